The maximum absolute atomic E-state index is 12.8. The van der Waals surface area contributed by atoms with Crippen molar-refractivity contribution in [2.24, 2.45) is 0 Å². The Morgan fingerprint density at radius 3 is 2.96 bits per heavy atom. The molecule has 1 fully saturated rings. The molecule has 126 valence electrons. The lowest BCUT2D eigenvalue weighted by Gasteiger charge is -2.28. The van der Waals surface area contributed by atoms with Gasteiger partial charge in [0.05, 0.1) is 11.4 Å². The molecule has 0 saturated carbocycles. The van der Waals surface area contributed by atoms with Crippen LogP contribution < -0.4 is 14.8 Å². The number of hydrogen-bond donors (Lipinski definition) is 1. The number of nitrogens with one attached hydrogen (secondary N) is 1. The van der Waals surface area contributed by atoms with Gasteiger partial charge in [0.25, 0.3) is 0 Å². The summed E-state index contributed by atoms with van der Waals surface area (Å²) >= 11 is 6.26. The van der Waals surface area contributed by atoms with Gasteiger partial charge in [0, 0.05) is 19.1 Å². The highest BCUT2D eigenvalue weighted by molar-refractivity contribution is 6.32. The summed E-state index contributed by atoms with van der Waals surface area (Å²) in [6.45, 7) is 5.77. The van der Waals surface area contributed by atoms with E-state index in [1.807, 2.05) is 17.0 Å². The molecule has 6 heteroatoms. The predicted octanol–water partition coefficient (Wildman–Crippen LogP) is 2.25. The molecular weight excluding hydrogens is 316 g/mol. The number of nitrogens with zero attached hydrogens (tertiary/aromatic N) is 1. The Hall–Kier alpha value is -1.46. The molecule has 23 heavy (non-hydrogen) atoms. The molecule has 1 unspecified atom stereocenters. The molecule has 2 aliphatic rings. The highest BCUT2D eigenvalue weighted by atomic mass is 35.5. The van der Waals surface area contributed by atoms with E-state index in [-0.39, 0.29) is 5.91 Å². The maximum Gasteiger partial charge on any atom is 0.227 e. The van der Waals surface area contributed by atoms with Gasteiger partial charge in [-0.2, -0.15) is 0 Å². The minimum Gasteiger partial charge on any atom is -0.486 e. The number of fused-ring (bicyclic) bond motifs is 1. The van der Waals surface area contributed by atoms with Crippen LogP contribution in [0.4, 0.5) is 0 Å². The van der Waals surface area contributed by atoms with Crippen molar-refractivity contribution in [3.05, 3.63) is 22.7 Å². The minimum atomic E-state index is 0.147. The molecule has 5 nitrogen and oxygen atoms in total. The topological polar surface area (TPSA) is 50.8 Å². The largest absolute Gasteiger partial charge is 0.486 e. The predicted molar refractivity (Wildman–Crippen MR) is 89.4 cm³/mol. The number of ether oxygens (including phenoxy) is 2. The SMILES string of the molecule is CCCN(C(=O)Cc1cc(Cl)c2c(c1)OCCO2)C1CCNC1. The van der Waals surface area contributed by atoms with Gasteiger partial charge >= 0.3 is 0 Å². The van der Waals surface area contributed by atoms with Crippen molar-refractivity contribution in [3.8, 4) is 11.5 Å². The van der Waals surface area contributed by atoms with E-state index in [0.717, 1.165) is 38.0 Å². The minimum absolute atomic E-state index is 0.147. The summed E-state index contributed by atoms with van der Waals surface area (Å²) in [6, 6.07) is 3.98. The van der Waals surface area contributed by atoms with Crippen LogP contribution in [-0.2, 0) is 11.2 Å². The van der Waals surface area contributed by atoms with Gasteiger partial charge in [-0.3, -0.25) is 4.79 Å². The molecule has 1 aromatic rings. The molecule has 0 aliphatic carbocycles. The number of hydrogen-bond acceptors (Lipinski definition) is 4. The Kier molecular flexibility index (Phi) is 5.28. The summed E-state index contributed by atoms with van der Waals surface area (Å²) in [6.07, 6.45) is 2.32. The van der Waals surface area contributed by atoms with Gasteiger partial charge in [-0.15, -0.1) is 0 Å². The van der Waals surface area contributed by atoms with Gasteiger partial charge in [-0.25, -0.2) is 0 Å². The van der Waals surface area contributed by atoms with Gasteiger partial charge in [-0.05, 0) is 37.1 Å². The summed E-state index contributed by atoms with van der Waals surface area (Å²) in [4.78, 5) is 14.8. The quantitative estimate of drug-likeness (QED) is 0.894. The Morgan fingerprint density at radius 1 is 1.39 bits per heavy atom. The van der Waals surface area contributed by atoms with Gasteiger partial charge in [0.1, 0.15) is 13.2 Å². The lowest BCUT2D eigenvalue weighted by molar-refractivity contribution is -0.132. The molecule has 2 heterocycles. The Morgan fingerprint density at radius 2 is 2.22 bits per heavy atom. The van der Waals surface area contributed by atoms with Crippen molar-refractivity contribution in [2.45, 2.75) is 32.2 Å². The number of halogens is 1. The Balaban J connectivity index is 1.74. The summed E-state index contributed by atoms with van der Waals surface area (Å²) < 4.78 is 11.1. The standard InChI is InChI=1S/C17H23ClN2O3/c1-2-5-20(13-3-4-19-11-13)16(21)10-12-8-14(18)17-15(9-12)22-6-7-23-17/h8-9,13,19H,2-7,10-11H2,1H3. The normalized spacial score (nSPS) is 19.7. The molecular formula is C17H23ClN2O3. The van der Waals surface area contributed by atoms with E-state index in [1.165, 1.54) is 0 Å². The third-order valence-corrected chi connectivity index (χ3v) is 4.55. The molecule has 2 aliphatic heterocycles. The fourth-order valence-electron chi connectivity index (χ4n) is 3.20. The van der Waals surface area contributed by atoms with E-state index in [0.29, 0.717) is 42.2 Å². The van der Waals surface area contributed by atoms with E-state index in [4.69, 9.17) is 21.1 Å². The summed E-state index contributed by atoms with van der Waals surface area (Å²) in [5.41, 5.74) is 0.872. The van der Waals surface area contributed by atoms with Crippen molar-refractivity contribution in [2.75, 3.05) is 32.8 Å². The number of carbonyl (C=O) groups excluding carboxylic acids is 1. The molecule has 1 atom stereocenters. The van der Waals surface area contributed by atoms with Crippen molar-refractivity contribution in [1.29, 1.82) is 0 Å². The summed E-state index contributed by atoms with van der Waals surface area (Å²) in [5, 5.41) is 3.84. The lowest BCUT2D eigenvalue weighted by Crippen LogP contribution is -2.42. The first-order chi connectivity index (χ1) is 11.2. The van der Waals surface area contributed by atoms with Crippen LogP contribution in [0, 0.1) is 0 Å². The molecule has 3 rings (SSSR count). The third kappa shape index (κ3) is 3.72. The highest BCUT2D eigenvalue weighted by Crippen LogP contribution is 2.38. The maximum atomic E-state index is 12.8. The van der Waals surface area contributed by atoms with Gasteiger partial charge in [-0.1, -0.05) is 18.5 Å². The van der Waals surface area contributed by atoms with Crippen molar-refractivity contribution >= 4 is 17.5 Å². The first-order valence-corrected chi connectivity index (χ1v) is 8.65. The van der Waals surface area contributed by atoms with E-state index >= 15 is 0 Å². The average molecular weight is 339 g/mol. The van der Waals surface area contributed by atoms with Crippen molar-refractivity contribution in [1.82, 2.24) is 10.2 Å². The second-order valence-electron chi connectivity index (χ2n) is 6.01. The first-order valence-electron chi connectivity index (χ1n) is 8.27. The van der Waals surface area contributed by atoms with Crippen LogP contribution in [0.2, 0.25) is 5.02 Å². The van der Waals surface area contributed by atoms with Gasteiger partial charge in [0.15, 0.2) is 11.5 Å². The van der Waals surface area contributed by atoms with Crippen LogP contribution in [0.1, 0.15) is 25.3 Å². The number of amides is 1. The number of rotatable bonds is 5. The van der Waals surface area contributed by atoms with Crippen LogP contribution in [-0.4, -0.2) is 49.7 Å². The average Bonchev–Trinajstić information content (AvgIpc) is 3.06. The highest BCUT2D eigenvalue weighted by Gasteiger charge is 2.26. The molecule has 0 bridgehead atoms. The van der Waals surface area contributed by atoms with Crippen LogP contribution in [0.15, 0.2) is 12.1 Å². The van der Waals surface area contributed by atoms with Crippen LogP contribution in [0.3, 0.4) is 0 Å². The monoisotopic (exact) mass is 338 g/mol. The molecule has 0 aromatic heterocycles. The zero-order valence-corrected chi connectivity index (χ0v) is 14.2. The zero-order chi connectivity index (χ0) is 16.2. The molecule has 1 aromatic carbocycles. The number of benzene rings is 1. The number of carbonyl (C=O) groups is 1. The smallest absolute Gasteiger partial charge is 0.227 e. The molecule has 0 spiro atoms. The van der Waals surface area contributed by atoms with E-state index in [1.54, 1.807) is 0 Å². The molecule has 0 radical (unpaired) electrons. The molecule has 1 N–H and O–H groups in total. The van der Waals surface area contributed by atoms with Crippen molar-refractivity contribution in [3.63, 3.8) is 0 Å². The summed E-state index contributed by atoms with van der Waals surface area (Å²) in [5.74, 6) is 1.36. The van der Waals surface area contributed by atoms with E-state index in [2.05, 4.69) is 12.2 Å². The lowest BCUT2D eigenvalue weighted by atomic mass is 10.1. The fraction of sp³-hybridized carbons (Fsp3) is 0.588. The van der Waals surface area contributed by atoms with Gasteiger partial charge < -0.3 is 19.7 Å². The Bertz CT molecular complexity index is 573. The van der Waals surface area contributed by atoms with Crippen LogP contribution in [0.25, 0.3) is 0 Å². The second kappa shape index (κ2) is 7.41. The van der Waals surface area contributed by atoms with Crippen LogP contribution in [0.5, 0.6) is 11.5 Å². The van der Waals surface area contributed by atoms with Crippen LogP contribution >= 0.6 is 11.6 Å². The Labute approximate surface area is 141 Å². The third-order valence-electron chi connectivity index (χ3n) is 4.27. The zero-order valence-electron chi connectivity index (χ0n) is 13.4. The molecule has 1 saturated heterocycles. The van der Waals surface area contributed by atoms with E-state index in [9.17, 15) is 4.79 Å². The second-order valence-corrected chi connectivity index (χ2v) is 6.42. The molecule has 1 amide bonds. The first kappa shape index (κ1) is 16.4. The van der Waals surface area contributed by atoms with Gasteiger partial charge in [0.2, 0.25) is 5.91 Å². The van der Waals surface area contributed by atoms with Crippen molar-refractivity contribution < 1.29 is 14.3 Å². The fourth-order valence-corrected chi connectivity index (χ4v) is 3.49. The van der Waals surface area contributed by atoms with E-state index < -0.39 is 0 Å². The summed E-state index contributed by atoms with van der Waals surface area (Å²) in [7, 11) is 0.